The average molecular weight is 231 g/mol. The topological polar surface area (TPSA) is 23.5 Å². The second kappa shape index (κ2) is 6.77. The number of aliphatic hydroxyl groups is 1. The van der Waals surface area contributed by atoms with Gasteiger partial charge in [0.25, 0.3) is 0 Å². The van der Waals surface area contributed by atoms with Crippen LogP contribution in [-0.2, 0) is 0 Å². The van der Waals surface area contributed by atoms with Gasteiger partial charge in [0.15, 0.2) is 0 Å². The Bertz CT molecular complexity index is 169. The molecule has 0 amide bonds. The lowest BCUT2D eigenvalue weighted by Gasteiger charge is -2.37. The van der Waals surface area contributed by atoms with E-state index >= 15 is 0 Å². The molecule has 0 saturated heterocycles. The molecule has 0 aliphatic heterocycles. The molecular formula is C12H25NOS. The monoisotopic (exact) mass is 231 g/mol. The molecule has 0 bridgehead atoms. The van der Waals surface area contributed by atoms with Crippen molar-refractivity contribution in [3.63, 3.8) is 0 Å². The van der Waals surface area contributed by atoms with Crippen LogP contribution >= 0.6 is 12.6 Å². The summed E-state index contributed by atoms with van der Waals surface area (Å²) in [6.07, 6.45) is 7.45. The summed E-state index contributed by atoms with van der Waals surface area (Å²) in [5.74, 6) is 0. The maximum absolute atomic E-state index is 8.83. The minimum absolute atomic E-state index is 0.240. The van der Waals surface area contributed by atoms with E-state index in [2.05, 4.69) is 11.8 Å². The van der Waals surface area contributed by atoms with Crippen LogP contribution in [0.2, 0.25) is 0 Å². The molecule has 0 radical (unpaired) electrons. The number of thiol groups is 1. The number of nitrogens with zero attached hydrogens (tertiary/aromatic N) is 1. The Hall–Kier alpha value is 0.270. The van der Waals surface area contributed by atoms with Crippen LogP contribution in [-0.4, -0.2) is 41.0 Å². The van der Waals surface area contributed by atoms with Gasteiger partial charge in [-0.2, -0.15) is 12.6 Å². The highest BCUT2D eigenvalue weighted by Gasteiger charge is 2.29. The highest BCUT2D eigenvalue weighted by Crippen LogP contribution is 2.34. The van der Waals surface area contributed by atoms with Crippen molar-refractivity contribution in [1.29, 1.82) is 0 Å². The van der Waals surface area contributed by atoms with Gasteiger partial charge in [-0.25, -0.2) is 0 Å². The van der Waals surface area contributed by atoms with Gasteiger partial charge in [-0.05, 0) is 25.8 Å². The fourth-order valence-corrected chi connectivity index (χ4v) is 2.94. The molecule has 2 nitrogen and oxygen atoms in total. The van der Waals surface area contributed by atoms with Gasteiger partial charge in [-0.3, -0.25) is 0 Å². The lowest BCUT2D eigenvalue weighted by Crippen LogP contribution is -2.41. The third-order valence-corrected chi connectivity index (χ3v) is 3.97. The second-order valence-corrected chi connectivity index (χ2v) is 5.68. The zero-order chi connectivity index (χ0) is 11.1. The van der Waals surface area contributed by atoms with Crippen molar-refractivity contribution in [1.82, 2.24) is 4.90 Å². The first-order chi connectivity index (χ1) is 7.20. The molecule has 0 heterocycles. The Morgan fingerprint density at radius 1 is 1.27 bits per heavy atom. The normalized spacial score (nSPS) is 20.8. The molecule has 3 heteroatoms. The van der Waals surface area contributed by atoms with E-state index < -0.39 is 0 Å². The summed E-state index contributed by atoms with van der Waals surface area (Å²) in [5, 5.41) is 8.83. The Morgan fingerprint density at radius 2 is 1.93 bits per heavy atom. The highest BCUT2D eigenvalue weighted by atomic mass is 32.1. The first kappa shape index (κ1) is 13.3. The van der Waals surface area contributed by atoms with Gasteiger partial charge < -0.3 is 10.0 Å². The lowest BCUT2D eigenvalue weighted by atomic mass is 9.88. The molecule has 0 unspecified atom stereocenters. The zero-order valence-corrected chi connectivity index (χ0v) is 10.8. The summed E-state index contributed by atoms with van der Waals surface area (Å²) in [4.78, 5) is 2.43. The molecule has 1 N–H and O–H groups in total. The van der Waals surface area contributed by atoms with Crippen molar-refractivity contribution in [2.45, 2.75) is 50.2 Å². The first-order valence-corrected chi connectivity index (χ1v) is 6.70. The number of hydrogen-bond donors (Lipinski definition) is 2. The van der Waals surface area contributed by atoms with E-state index in [1.54, 1.807) is 0 Å². The number of aliphatic hydroxyl groups excluding tert-OH is 1. The molecule has 0 aromatic carbocycles. The Labute approximate surface area is 99.5 Å². The lowest BCUT2D eigenvalue weighted by molar-refractivity contribution is 0.202. The van der Waals surface area contributed by atoms with Gasteiger partial charge >= 0.3 is 0 Å². The fraction of sp³-hybridized carbons (Fsp3) is 1.00. The van der Waals surface area contributed by atoms with E-state index in [0.717, 1.165) is 26.1 Å². The van der Waals surface area contributed by atoms with E-state index in [9.17, 15) is 0 Å². The molecule has 0 aromatic heterocycles. The van der Waals surface area contributed by atoms with Gasteiger partial charge in [0, 0.05) is 24.4 Å². The molecule has 90 valence electrons. The summed E-state index contributed by atoms with van der Waals surface area (Å²) >= 11 is 4.86. The smallest absolute Gasteiger partial charge is 0.0443 e. The van der Waals surface area contributed by atoms with Crippen molar-refractivity contribution in [2.75, 3.05) is 26.2 Å². The quantitative estimate of drug-likeness (QED) is 0.685. The predicted molar refractivity (Wildman–Crippen MR) is 68.6 cm³/mol. The largest absolute Gasteiger partial charge is 0.396 e. The minimum Gasteiger partial charge on any atom is -0.396 e. The maximum atomic E-state index is 8.83. The first-order valence-electron chi connectivity index (χ1n) is 6.26. The van der Waals surface area contributed by atoms with Crippen LogP contribution in [0.3, 0.4) is 0 Å². The molecular weight excluding hydrogens is 206 g/mol. The van der Waals surface area contributed by atoms with Crippen LogP contribution in [0, 0.1) is 0 Å². The fourth-order valence-electron chi connectivity index (χ4n) is 2.43. The van der Waals surface area contributed by atoms with E-state index in [1.807, 2.05) is 0 Å². The van der Waals surface area contributed by atoms with Crippen LogP contribution in [0.5, 0.6) is 0 Å². The average Bonchev–Trinajstić information content (AvgIpc) is 2.25. The molecule has 1 aliphatic rings. The molecule has 0 atom stereocenters. The summed E-state index contributed by atoms with van der Waals surface area (Å²) in [5.41, 5.74) is 0. The summed E-state index contributed by atoms with van der Waals surface area (Å²) < 4.78 is 0.240. The van der Waals surface area contributed by atoms with Gasteiger partial charge in [-0.1, -0.05) is 26.2 Å². The van der Waals surface area contributed by atoms with Gasteiger partial charge in [-0.15, -0.1) is 0 Å². The van der Waals surface area contributed by atoms with Crippen LogP contribution in [0.1, 0.15) is 45.4 Å². The van der Waals surface area contributed by atoms with Crippen LogP contribution in [0.4, 0.5) is 0 Å². The number of hydrogen-bond acceptors (Lipinski definition) is 3. The third kappa shape index (κ3) is 4.75. The van der Waals surface area contributed by atoms with Crippen molar-refractivity contribution < 1.29 is 5.11 Å². The van der Waals surface area contributed by atoms with E-state index in [-0.39, 0.29) is 4.75 Å². The third-order valence-electron chi connectivity index (χ3n) is 3.38. The number of rotatable bonds is 6. The van der Waals surface area contributed by atoms with Crippen molar-refractivity contribution in [2.24, 2.45) is 0 Å². The molecule has 1 fully saturated rings. The van der Waals surface area contributed by atoms with E-state index in [4.69, 9.17) is 17.7 Å². The van der Waals surface area contributed by atoms with Crippen molar-refractivity contribution in [3.05, 3.63) is 0 Å². The van der Waals surface area contributed by atoms with Crippen LogP contribution in [0.15, 0.2) is 0 Å². The second-order valence-electron chi connectivity index (χ2n) is 4.73. The molecule has 0 spiro atoms. The van der Waals surface area contributed by atoms with Gasteiger partial charge in [0.05, 0.1) is 0 Å². The maximum Gasteiger partial charge on any atom is 0.0443 e. The summed E-state index contributed by atoms with van der Waals surface area (Å²) in [7, 11) is 0. The predicted octanol–water partition coefficient (Wildman–Crippen LogP) is 2.32. The van der Waals surface area contributed by atoms with E-state index in [1.165, 1.54) is 32.1 Å². The van der Waals surface area contributed by atoms with Gasteiger partial charge in [0.1, 0.15) is 0 Å². The van der Waals surface area contributed by atoms with Crippen molar-refractivity contribution in [3.8, 4) is 0 Å². The highest BCUT2D eigenvalue weighted by molar-refractivity contribution is 7.81. The molecule has 1 rings (SSSR count). The Morgan fingerprint density at radius 3 is 2.47 bits per heavy atom. The summed E-state index contributed by atoms with van der Waals surface area (Å²) in [6, 6.07) is 0. The zero-order valence-electron chi connectivity index (χ0n) is 9.91. The minimum atomic E-state index is 0.240. The van der Waals surface area contributed by atoms with E-state index in [0.29, 0.717) is 6.61 Å². The van der Waals surface area contributed by atoms with Gasteiger partial charge in [0.2, 0.25) is 0 Å². The molecule has 1 aliphatic carbocycles. The Balaban J connectivity index is 2.34. The molecule has 0 aromatic rings. The summed E-state index contributed by atoms with van der Waals surface area (Å²) in [6.45, 7) is 5.66. The Kier molecular flexibility index (Phi) is 6.02. The van der Waals surface area contributed by atoms with Crippen LogP contribution in [0.25, 0.3) is 0 Å². The standard InChI is InChI=1S/C12H25NOS/c1-2-13(9-6-10-14)11-12(15)7-4-3-5-8-12/h14-15H,2-11H2,1H3. The van der Waals surface area contributed by atoms with Crippen LogP contribution < -0.4 is 0 Å². The SMILES string of the molecule is CCN(CCCO)CC1(S)CCCCC1. The molecule has 15 heavy (non-hydrogen) atoms. The van der Waals surface area contributed by atoms with Crippen molar-refractivity contribution >= 4 is 12.6 Å². The molecule has 1 saturated carbocycles.